The summed E-state index contributed by atoms with van der Waals surface area (Å²) in [5, 5.41) is 12.4. The highest BCUT2D eigenvalue weighted by atomic mass is 16.5. The number of phenolic OH excluding ortho intramolecular Hbond substituents is 1. The third kappa shape index (κ3) is 3.72. The van der Waals surface area contributed by atoms with Crippen LogP contribution in [0.1, 0.15) is 22.3 Å². The third-order valence-electron chi connectivity index (χ3n) is 2.77. The van der Waals surface area contributed by atoms with Crippen LogP contribution in [0.15, 0.2) is 18.2 Å². The van der Waals surface area contributed by atoms with Gasteiger partial charge in [0.2, 0.25) is 0 Å². The molecule has 1 amide bonds. The number of hydrogen-bond acceptors (Lipinski definition) is 4. The van der Waals surface area contributed by atoms with E-state index in [9.17, 15) is 9.90 Å². The maximum absolute atomic E-state index is 12.1. The molecule has 1 aromatic carbocycles. The Hall–Kier alpha value is -1.59. The van der Waals surface area contributed by atoms with Crippen molar-refractivity contribution in [1.82, 2.24) is 5.32 Å². The molecule has 5 heteroatoms. The Morgan fingerprint density at radius 2 is 2.28 bits per heavy atom. The fraction of sp³-hybridized carbons (Fsp3) is 0.462. The van der Waals surface area contributed by atoms with E-state index in [0.717, 1.165) is 0 Å². The van der Waals surface area contributed by atoms with E-state index in [0.29, 0.717) is 30.7 Å². The monoisotopic (exact) mass is 252 g/mol. The van der Waals surface area contributed by atoms with E-state index >= 15 is 0 Å². The van der Waals surface area contributed by atoms with Crippen molar-refractivity contribution in [3.8, 4) is 5.75 Å². The normalized spacial score (nSPS) is 12.2. The summed E-state index contributed by atoms with van der Waals surface area (Å²) in [5.41, 5.74) is 6.52. The molecule has 1 unspecified atom stereocenters. The Balaban J connectivity index is 2.77. The molecule has 4 N–H and O–H groups in total. The molecule has 0 saturated carbocycles. The van der Waals surface area contributed by atoms with Gasteiger partial charge in [0, 0.05) is 18.2 Å². The summed E-state index contributed by atoms with van der Waals surface area (Å²) in [6, 6.07) is 4.76. The summed E-state index contributed by atoms with van der Waals surface area (Å²) in [6.45, 7) is 2.60. The Labute approximate surface area is 107 Å². The lowest BCUT2D eigenvalue weighted by atomic mass is 10.1. The van der Waals surface area contributed by atoms with Gasteiger partial charge in [0.1, 0.15) is 5.75 Å². The molecule has 0 bridgehead atoms. The predicted octanol–water partition coefficient (Wildman–Crippen LogP) is 0.794. The van der Waals surface area contributed by atoms with E-state index in [1.807, 2.05) is 0 Å². The zero-order valence-electron chi connectivity index (χ0n) is 10.8. The molecule has 1 atom stereocenters. The lowest BCUT2D eigenvalue weighted by molar-refractivity contribution is 0.0892. The van der Waals surface area contributed by atoms with Crippen LogP contribution in [0.3, 0.4) is 0 Å². The number of benzene rings is 1. The van der Waals surface area contributed by atoms with Gasteiger partial charge in [0.15, 0.2) is 0 Å². The van der Waals surface area contributed by atoms with Gasteiger partial charge in [-0.3, -0.25) is 4.79 Å². The second-order valence-corrected chi connectivity index (χ2v) is 4.15. The molecular formula is C13H20N2O3. The first-order chi connectivity index (χ1) is 8.60. The minimum absolute atomic E-state index is 0.116. The molecule has 1 rings (SSSR count). The van der Waals surface area contributed by atoms with E-state index in [1.54, 1.807) is 32.2 Å². The number of carbonyl (C=O) groups excluding carboxylic acids is 1. The summed E-state index contributed by atoms with van der Waals surface area (Å²) in [7, 11) is 1.58. The minimum Gasteiger partial charge on any atom is -0.508 e. The molecule has 0 aliphatic heterocycles. The predicted molar refractivity (Wildman–Crippen MR) is 69.6 cm³/mol. The summed E-state index contributed by atoms with van der Waals surface area (Å²) in [4.78, 5) is 12.1. The molecular weight excluding hydrogens is 232 g/mol. The number of nitrogens with one attached hydrogen (secondary N) is 1. The molecule has 0 radical (unpaired) electrons. The Morgan fingerprint density at radius 1 is 1.56 bits per heavy atom. The van der Waals surface area contributed by atoms with Crippen LogP contribution in [0.25, 0.3) is 0 Å². The summed E-state index contributed by atoms with van der Waals surface area (Å²) < 4.78 is 5.03. The van der Waals surface area contributed by atoms with Gasteiger partial charge in [-0.2, -0.15) is 0 Å². The van der Waals surface area contributed by atoms with Crippen LogP contribution >= 0.6 is 0 Å². The third-order valence-corrected chi connectivity index (χ3v) is 2.77. The van der Waals surface area contributed by atoms with E-state index in [-0.39, 0.29) is 17.7 Å². The smallest absolute Gasteiger partial charge is 0.251 e. The van der Waals surface area contributed by atoms with Crippen molar-refractivity contribution in [3.63, 3.8) is 0 Å². The molecule has 0 spiro atoms. The molecule has 0 aliphatic carbocycles. The van der Waals surface area contributed by atoms with Crippen LogP contribution in [-0.2, 0) is 4.74 Å². The first-order valence-corrected chi connectivity index (χ1v) is 5.88. The second kappa shape index (κ2) is 6.98. The lowest BCUT2D eigenvalue weighted by Crippen LogP contribution is -2.39. The van der Waals surface area contributed by atoms with Crippen LogP contribution in [0, 0.1) is 6.92 Å². The highest BCUT2D eigenvalue weighted by Gasteiger charge is 2.15. The highest BCUT2D eigenvalue weighted by Crippen LogP contribution is 2.19. The van der Waals surface area contributed by atoms with Crippen LogP contribution < -0.4 is 11.1 Å². The lowest BCUT2D eigenvalue weighted by Gasteiger charge is -2.18. The van der Waals surface area contributed by atoms with Crippen molar-refractivity contribution in [1.29, 1.82) is 0 Å². The van der Waals surface area contributed by atoms with Crippen LogP contribution in [0.2, 0.25) is 0 Å². The van der Waals surface area contributed by atoms with E-state index in [1.165, 1.54) is 0 Å². The molecule has 0 fully saturated rings. The maximum Gasteiger partial charge on any atom is 0.251 e. The first-order valence-electron chi connectivity index (χ1n) is 5.88. The zero-order valence-corrected chi connectivity index (χ0v) is 10.8. The van der Waals surface area contributed by atoms with Crippen molar-refractivity contribution in [2.75, 3.05) is 20.3 Å². The number of rotatable bonds is 6. The van der Waals surface area contributed by atoms with Crippen molar-refractivity contribution >= 4 is 5.91 Å². The average Bonchev–Trinajstić information content (AvgIpc) is 2.33. The Kier molecular flexibility index (Phi) is 5.61. The molecule has 100 valence electrons. The number of hydrogen-bond donors (Lipinski definition) is 3. The number of ether oxygens (including phenoxy) is 1. The van der Waals surface area contributed by atoms with Crippen molar-refractivity contribution in [2.45, 2.75) is 19.4 Å². The molecule has 0 aromatic heterocycles. The van der Waals surface area contributed by atoms with Gasteiger partial charge < -0.3 is 20.9 Å². The fourth-order valence-electron chi connectivity index (χ4n) is 1.73. The van der Waals surface area contributed by atoms with Crippen LogP contribution in [-0.4, -0.2) is 37.3 Å². The van der Waals surface area contributed by atoms with Crippen molar-refractivity contribution in [2.24, 2.45) is 5.73 Å². The van der Waals surface area contributed by atoms with Gasteiger partial charge in [-0.1, -0.05) is 6.07 Å². The Bertz CT molecular complexity index is 401. The molecule has 0 heterocycles. The van der Waals surface area contributed by atoms with Gasteiger partial charge in [0.25, 0.3) is 5.91 Å². The second-order valence-electron chi connectivity index (χ2n) is 4.15. The number of amides is 1. The maximum atomic E-state index is 12.1. The number of aromatic hydroxyl groups is 1. The molecule has 1 aromatic rings. The number of phenols is 1. The topological polar surface area (TPSA) is 84.6 Å². The first kappa shape index (κ1) is 14.5. The highest BCUT2D eigenvalue weighted by molar-refractivity contribution is 5.96. The van der Waals surface area contributed by atoms with E-state index in [2.05, 4.69) is 5.32 Å². The fourth-order valence-corrected chi connectivity index (χ4v) is 1.73. The van der Waals surface area contributed by atoms with E-state index in [4.69, 9.17) is 10.5 Å². The zero-order chi connectivity index (χ0) is 13.5. The van der Waals surface area contributed by atoms with Crippen LogP contribution in [0.5, 0.6) is 5.75 Å². The van der Waals surface area contributed by atoms with Gasteiger partial charge in [-0.25, -0.2) is 0 Å². The van der Waals surface area contributed by atoms with Crippen LogP contribution in [0.4, 0.5) is 0 Å². The Morgan fingerprint density at radius 3 is 2.89 bits per heavy atom. The standard InChI is InChI=1S/C13H20N2O3/c1-9-11(4-3-5-12(9)16)13(17)15-10(6-7-14)8-18-2/h3-5,10,16H,6-8,14H2,1-2H3,(H,15,17). The number of carbonyl (C=O) groups is 1. The van der Waals surface area contributed by atoms with E-state index < -0.39 is 0 Å². The van der Waals surface area contributed by atoms with Crippen molar-refractivity contribution in [3.05, 3.63) is 29.3 Å². The number of nitrogens with two attached hydrogens (primary N) is 1. The molecule has 18 heavy (non-hydrogen) atoms. The summed E-state index contributed by atoms with van der Waals surface area (Å²) in [6.07, 6.45) is 0.650. The van der Waals surface area contributed by atoms with Gasteiger partial charge in [-0.05, 0) is 32.0 Å². The quantitative estimate of drug-likeness (QED) is 0.699. The van der Waals surface area contributed by atoms with Gasteiger partial charge in [-0.15, -0.1) is 0 Å². The molecule has 0 aliphatic rings. The average molecular weight is 252 g/mol. The molecule has 5 nitrogen and oxygen atoms in total. The SMILES string of the molecule is COCC(CCN)NC(=O)c1cccc(O)c1C. The van der Waals surface area contributed by atoms with Crippen molar-refractivity contribution < 1.29 is 14.6 Å². The number of methoxy groups -OCH3 is 1. The largest absolute Gasteiger partial charge is 0.508 e. The van der Waals surface area contributed by atoms with Gasteiger partial charge >= 0.3 is 0 Å². The minimum atomic E-state index is -0.223. The summed E-state index contributed by atoms with van der Waals surface area (Å²) >= 11 is 0. The molecule has 0 saturated heterocycles. The van der Waals surface area contributed by atoms with Gasteiger partial charge in [0.05, 0.1) is 12.6 Å². The summed E-state index contributed by atoms with van der Waals surface area (Å²) in [5.74, 6) is -0.108.